The lowest BCUT2D eigenvalue weighted by atomic mass is 9.97. The van der Waals surface area contributed by atoms with Crippen LogP contribution >= 0.6 is 0 Å². The molecule has 1 atom stereocenters. The van der Waals surface area contributed by atoms with Gasteiger partial charge in [0.05, 0.1) is 6.04 Å². The Morgan fingerprint density at radius 1 is 1.44 bits per heavy atom. The molecular formula is C14H21N3O. The smallest absolute Gasteiger partial charge is 0.239 e. The summed E-state index contributed by atoms with van der Waals surface area (Å²) in [4.78, 5) is 15.8. The number of carbonyl (C=O) groups is 1. The number of benzene rings is 1. The van der Waals surface area contributed by atoms with Crippen LogP contribution < -0.4 is 5.73 Å². The van der Waals surface area contributed by atoms with Gasteiger partial charge >= 0.3 is 0 Å². The number of hydrogen-bond donors (Lipinski definition) is 1. The van der Waals surface area contributed by atoms with Crippen molar-refractivity contribution in [3.63, 3.8) is 0 Å². The third kappa shape index (κ3) is 2.34. The van der Waals surface area contributed by atoms with E-state index in [2.05, 4.69) is 11.0 Å². The Labute approximate surface area is 108 Å². The number of likely N-dealkylation sites (N-methyl/N-ethyl adjacent to an activating group) is 1. The van der Waals surface area contributed by atoms with Crippen LogP contribution in [0.5, 0.6) is 0 Å². The van der Waals surface area contributed by atoms with Gasteiger partial charge in [-0.1, -0.05) is 12.1 Å². The fraction of sp³-hybridized carbons (Fsp3) is 0.500. The van der Waals surface area contributed by atoms with Gasteiger partial charge in [0.25, 0.3) is 0 Å². The van der Waals surface area contributed by atoms with Crippen LogP contribution in [0.4, 0.5) is 5.69 Å². The zero-order valence-electron chi connectivity index (χ0n) is 11.3. The third-order valence-corrected chi connectivity index (χ3v) is 3.68. The van der Waals surface area contributed by atoms with E-state index < -0.39 is 0 Å². The molecular weight excluding hydrogens is 226 g/mol. The molecule has 0 spiro atoms. The van der Waals surface area contributed by atoms with Crippen molar-refractivity contribution in [3.05, 3.63) is 29.3 Å². The molecule has 0 saturated carbocycles. The van der Waals surface area contributed by atoms with E-state index in [1.165, 1.54) is 11.1 Å². The first-order valence-electron chi connectivity index (χ1n) is 6.32. The molecule has 0 aliphatic carbocycles. The van der Waals surface area contributed by atoms with E-state index in [-0.39, 0.29) is 11.9 Å². The van der Waals surface area contributed by atoms with Crippen LogP contribution in [0.2, 0.25) is 0 Å². The number of nitrogens with zero attached hydrogens (tertiary/aromatic N) is 2. The fourth-order valence-electron chi connectivity index (χ4n) is 2.49. The van der Waals surface area contributed by atoms with Crippen molar-refractivity contribution in [2.45, 2.75) is 25.9 Å². The number of rotatable bonds is 2. The van der Waals surface area contributed by atoms with Gasteiger partial charge in [-0.15, -0.1) is 0 Å². The van der Waals surface area contributed by atoms with E-state index in [0.29, 0.717) is 0 Å². The molecule has 4 nitrogen and oxygen atoms in total. The molecule has 1 aromatic rings. The highest BCUT2D eigenvalue weighted by Gasteiger charge is 2.26. The summed E-state index contributed by atoms with van der Waals surface area (Å²) in [5.41, 5.74) is 9.35. The van der Waals surface area contributed by atoms with Gasteiger partial charge in [-0.25, -0.2) is 0 Å². The third-order valence-electron chi connectivity index (χ3n) is 3.68. The number of amides is 1. The molecule has 1 amide bonds. The van der Waals surface area contributed by atoms with Crippen molar-refractivity contribution in [1.29, 1.82) is 0 Å². The minimum atomic E-state index is -0.0900. The molecule has 1 aliphatic heterocycles. The van der Waals surface area contributed by atoms with Crippen molar-refractivity contribution in [1.82, 2.24) is 9.80 Å². The van der Waals surface area contributed by atoms with E-state index in [9.17, 15) is 4.79 Å². The Kier molecular flexibility index (Phi) is 3.57. The van der Waals surface area contributed by atoms with Crippen molar-refractivity contribution >= 4 is 11.6 Å². The number of fused-ring (bicyclic) bond motifs is 1. The van der Waals surface area contributed by atoms with E-state index in [1.807, 2.05) is 19.1 Å². The van der Waals surface area contributed by atoms with Crippen LogP contribution in [-0.4, -0.2) is 42.4 Å². The first-order valence-corrected chi connectivity index (χ1v) is 6.32. The lowest BCUT2D eigenvalue weighted by molar-refractivity contribution is -0.134. The van der Waals surface area contributed by atoms with Crippen LogP contribution in [0.1, 0.15) is 18.1 Å². The molecule has 1 unspecified atom stereocenters. The Balaban J connectivity index is 2.17. The molecule has 4 heteroatoms. The van der Waals surface area contributed by atoms with Crippen molar-refractivity contribution in [2.24, 2.45) is 0 Å². The molecule has 98 valence electrons. The van der Waals surface area contributed by atoms with Gasteiger partial charge in [0.15, 0.2) is 0 Å². The maximum atomic E-state index is 12.0. The molecule has 0 bridgehead atoms. The molecule has 1 aliphatic rings. The highest BCUT2D eigenvalue weighted by molar-refractivity contribution is 5.81. The quantitative estimate of drug-likeness (QED) is 0.796. The number of nitrogens with two attached hydrogens (primary N) is 1. The molecule has 0 fully saturated rings. The summed E-state index contributed by atoms with van der Waals surface area (Å²) in [6, 6.07) is 5.97. The number of anilines is 1. The van der Waals surface area contributed by atoms with E-state index in [0.717, 1.165) is 25.2 Å². The number of carbonyl (C=O) groups excluding carboxylic acids is 1. The van der Waals surface area contributed by atoms with Gasteiger partial charge in [-0.3, -0.25) is 9.69 Å². The second-order valence-corrected chi connectivity index (χ2v) is 5.11. The molecule has 1 aromatic carbocycles. The maximum Gasteiger partial charge on any atom is 0.239 e. The summed E-state index contributed by atoms with van der Waals surface area (Å²) in [6.07, 6.45) is 0.964. The van der Waals surface area contributed by atoms with Gasteiger partial charge < -0.3 is 10.6 Å². The monoisotopic (exact) mass is 247 g/mol. The summed E-state index contributed by atoms with van der Waals surface area (Å²) >= 11 is 0. The van der Waals surface area contributed by atoms with Crippen molar-refractivity contribution in [2.75, 3.05) is 26.4 Å². The van der Waals surface area contributed by atoms with Gasteiger partial charge in [-0.2, -0.15) is 0 Å². The summed E-state index contributed by atoms with van der Waals surface area (Å²) in [5.74, 6) is 0.146. The lowest BCUT2D eigenvalue weighted by Gasteiger charge is -2.34. The summed E-state index contributed by atoms with van der Waals surface area (Å²) < 4.78 is 0. The fourth-order valence-corrected chi connectivity index (χ4v) is 2.49. The Morgan fingerprint density at radius 2 is 2.17 bits per heavy atom. The first kappa shape index (κ1) is 12.9. The molecule has 2 N–H and O–H groups in total. The number of nitrogen functional groups attached to an aromatic ring is 1. The van der Waals surface area contributed by atoms with Gasteiger partial charge in [0.1, 0.15) is 0 Å². The average Bonchev–Trinajstić information content (AvgIpc) is 2.37. The van der Waals surface area contributed by atoms with Gasteiger partial charge in [-0.05, 0) is 30.5 Å². The van der Waals surface area contributed by atoms with Gasteiger partial charge in [0, 0.05) is 32.9 Å². The van der Waals surface area contributed by atoms with Crippen LogP contribution in [0.25, 0.3) is 0 Å². The lowest BCUT2D eigenvalue weighted by Crippen LogP contribution is -2.46. The highest BCUT2D eigenvalue weighted by atomic mass is 16.2. The summed E-state index contributed by atoms with van der Waals surface area (Å²) in [7, 11) is 3.59. The Morgan fingerprint density at radius 3 is 2.83 bits per heavy atom. The second kappa shape index (κ2) is 4.98. The van der Waals surface area contributed by atoms with Gasteiger partial charge in [0.2, 0.25) is 5.91 Å². The molecule has 0 aromatic heterocycles. The standard InChI is InChI=1S/C14H21N3O/c1-10(14(18)16(2)3)17-8-7-11-5-4-6-13(15)12(11)9-17/h4-6,10H,7-9,15H2,1-3H3. The maximum absolute atomic E-state index is 12.0. The van der Waals surface area contributed by atoms with Crippen molar-refractivity contribution in [3.8, 4) is 0 Å². The Hall–Kier alpha value is -1.55. The Bertz CT molecular complexity index is 456. The van der Waals surface area contributed by atoms with Crippen LogP contribution in [0.15, 0.2) is 18.2 Å². The predicted octanol–water partition coefficient (Wildman–Crippen LogP) is 1.10. The summed E-state index contributed by atoms with van der Waals surface area (Å²) in [6.45, 7) is 3.65. The molecule has 0 radical (unpaired) electrons. The minimum absolute atomic E-state index is 0.0900. The zero-order valence-corrected chi connectivity index (χ0v) is 11.3. The van der Waals surface area contributed by atoms with Crippen LogP contribution in [-0.2, 0) is 17.8 Å². The normalized spacial score (nSPS) is 17.1. The van der Waals surface area contributed by atoms with E-state index in [4.69, 9.17) is 5.73 Å². The zero-order chi connectivity index (χ0) is 13.3. The number of hydrogen-bond acceptors (Lipinski definition) is 3. The predicted molar refractivity (Wildman–Crippen MR) is 73.1 cm³/mol. The SMILES string of the molecule is CC(C(=O)N(C)C)N1CCc2cccc(N)c2C1. The average molecular weight is 247 g/mol. The molecule has 2 rings (SSSR count). The topological polar surface area (TPSA) is 49.6 Å². The molecule has 0 saturated heterocycles. The molecule has 18 heavy (non-hydrogen) atoms. The first-order chi connectivity index (χ1) is 8.50. The van der Waals surface area contributed by atoms with E-state index >= 15 is 0 Å². The largest absolute Gasteiger partial charge is 0.398 e. The second-order valence-electron chi connectivity index (χ2n) is 5.11. The van der Waals surface area contributed by atoms with Crippen molar-refractivity contribution < 1.29 is 4.79 Å². The van der Waals surface area contributed by atoms with Crippen LogP contribution in [0, 0.1) is 0 Å². The minimum Gasteiger partial charge on any atom is -0.398 e. The highest BCUT2D eigenvalue weighted by Crippen LogP contribution is 2.25. The van der Waals surface area contributed by atoms with Crippen LogP contribution in [0.3, 0.4) is 0 Å². The van der Waals surface area contributed by atoms with E-state index in [1.54, 1.807) is 19.0 Å². The summed E-state index contributed by atoms with van der Waals surface area (Å²) in [5, 5.41) is 0. The molecule has 1 heterocycles.